The summed E-state index contributed by atoms with van der Waals surface area (Å²) in [5.41, 5.74) is 0.499. The topological polar surface area (TPSA) is 97.1 Å². The summed E-state index contributed by atoms with van der Waals surface area (Å²) in [4.78, 5) is 50.4. The highest BCUT2D eigenvalue weighted by atomic mass is 16.5. The van der Waals surface area contributed by atoms with E-state index in [0.717, 1.165) is 4.90 Å². The number of furan rings is 1. The van der Waals surface area contributed by atoms with E-state index in [-0.39, 0.29) is 17.7 Å². The summed E-state index contributed by atoms with van der Waals surface area (Å²) in [7, 11) is 1.54. The first kappa shape index (κ1) is 17.4. The largest absolute Gasteiger partial charge is 0.467 e. The van der Waals surface area contributed by atoms with Crippen molar-refractivity contribution in [2.24, 2.45) is 0 Å². The quantitative estimate of drug-likeness (QED) is 0.567. The first-order chi connectivity index (χ1) is 12.5. The van der Waals surface area contributed by atoms with Crippen LogP contribution in [0.25, 0.3) is 0 Å². The Morgan fingerprint density at radius 3 is 2.31 bits per heavy atom. The molecule has 8 heteroatoms. The van der Waals surface area contributed by atoms with Crippen LogP contribution in [0.2, 0.25) is 0 Å². The van der Waals surface area contributed by atoms with Gasteiger partial charge >= 0.3 is 5.97 Å². The number of rotatable bonds is 6. The zero-order valence-corrected chi connectivity index (χ0v) is 14.0. The van der Waals surface area contributed by atoms with E-state index < -0.39 is 36.8 Å². The number of fused-ring (bicyclic) bond motifs is 1. The second-order valence-corrected chi connectivity index (χ2v) is 5.73. The molecule has 2 heterocycles. The van der Waals surface area contributed by atoms with Gasteiger partial charge in [-0.05, 0) is 24.3 Å². The number of nitrogens with zero attached hydrogens (tertiary/aromatic N) is 2. The van der Waals surface area contributed by atoms with Gasteiger partial charge in [-0.25, -0.2) is 0 Å². The smallest absolute Gasteiger partial charge is 0.326 e. The Kier molecular flexibility index (Phi) is 4.83. The predicted octanol–water partition coefficient (Wildman–Crippen LogP) is 1.08. The van der Waals surface area contributed by atoms with Crippen molar-refractivity contribution in [2.75, 3.05) is 20.2 Å². The predicted molar refractivity (Wildman–Crippen MR) is 88.0 cm³/mol. The number of benzene rings is 1. The van der Waals surface area contributed by atoms with Crippen LogP contribution in [0.5, 0.6) is 0 Å². The molecule has 0 radical (unpaired) electrons. The Labute approximate surface area is 148 Å². The van der Waals surface area contributed by atoms with E-state index in [9.17, 15) is 19.2 Å². The molecule has 26 heavy (non-hydrogen) atoms. The highest BCUT2D eigenvalue weighted by molar-refractivity contribution is 6.22. The molecule has 1 aromatic carbocycles. The van der Waals surface area contributed by atoms with Crippen LogP contribution in [0.3, 0.4) is 0 Å². The third-order valence-corrected chi connectivity index (χ3v) is 3.92. The molecule has 3 rings (SSSR count). The van der Waals surface area contributed by atoms with E-state index in [4.69, 9.17) is 9.15 Å². The number of hydrogen-bond acceptors (Lipinski definition) is 6. The molecule has 0 spiro atoms. The van der Waals surface area contributed by atoms with Crippen molar-refractivity contribution in [1.29, 1.82) is 0 Å². The van der Waals surface area contributed by atoms with Gasteiger partial charge in [0.15, 0.2) is 6.61 Å². The zero-order chi connectivity index (χ0) is 18.7. The molecule has 1 aromatic heterocycles. The number of amides is 3. The summed E-state index contributed by atoms with van der Waals surface area (Å²) in [6.07, 6.45) is 1.50. The van der Waals surface area contributed by atoms with Gasteiger partial charge in [0.05, 0.1) is 23.9 Å². The standard InChI is InChI=1S/C18H16N2O6/c1-19(9-12-5-4-8-25-12)15(21)11-26-16(22)10-20-17(23)13-6-2-3-7-14(13)18(20)24/h2-8H,9-11H2,1H3. The maximum absolute atomic E-state index is 12.2. The number of carbonyl (C=O) groups excluding carboxylic acids is 4. The third-order valence-electron chi connectivity index (χ3n) is 3.92. The second-order valence-electron chi connectivity index (χ2n) is 5.73. The van der Waals surface area contributed by atoms with Crippen LogP contribution in [0, 0.1) is 0 Å². The molecule has 1 aliphatic heterocycles. The lowest BCUT2D eigenvalue weighted by atomic mass is 10.1. The fourth-order valence-corrected chi connectivity index (χ4v) is 2.53. The number of ether oxygens (including phenoxy) is 1. The van der Waals surface area contributed by atoms with Gasteiger partial charge in [0, 0.05) is 7.05 Å². The van der Waals surface area contributed by atoms with E-state index in [2.05, 4.69) is 0 Å². The van der Waals surface area contributed by atoms with Crippen LogP contribution in [0.15, 0.2) is 47.1 Å². The van der Waals surface area contributed by atoms with Crippen molar-refractivity contribution < 1.29 is 28.3 Å². The van der Waals surface area contributed by atoms with Crippen LogP contribution in [0.1, 0.15) is 26.5 Å². The molecule has 0 aliphatic carbocycles. The first-order valence-electron chi connectivity index (χ1n) is 7.84. The van der Waals surface area contributed by atoms with E-state index in [0.29, 0.717) is 5.76 Å². The van der Waals surface area contributed by atoms with Gasteiger partial charge in [-0.1, -0.05) is 12.1 Å². The molecule has 1 aliphatic rings. The van der Waals surface area contributed by atoms with Gasteiger partial charge in [0.25, 0.3) is 17.7 Å². The monoisotopic (exact) mass is 356 g/mol. The van der Waals surface area contributed by atoms with Gasteiger partial charge in [-0.3, -0.25) is 24.1 Å². The van der Waals surface area contributed by atoms with Crippen molar-refractivity contribution >= 4 is 23.7 Å². The highest BCUT2D eigenvalue weighted by Gasteiger charge is 2.36. The van der Waals surface area contributed by atoms with E-state index in [1.807, 2.05) is 0 Å². The Bertz CT molecular complexity index is 823. The molecule has 0 saturated heterocycles. The van der Waals surface area contributed by atoms with Gasteiger partial charge < -0.3 is 14.1 Å². The summed E-state index contributed by atoms with van der Waals surface area (Å²) in [6, 6.07) is 9.74. The SMILES string of the molecule is CN(Cc1ccco1)C(=O)COC(=O)CN1C(=O)c2ccccc2C1=O. The maximum atomic E-state index is 12.2. The van der Waals surface area contributed by atoms with E-state index in [1.54, 1.807) is 31.3 Å². The Hall–Kier alpha value is -3.42. The van der Waals surface area contributed by atoms with Crippen molar-refractivity contribution in [3.63, 3.8) is 0 Å². The van der Waals surface area contributed by atoms with Crippen LogP contribution >= 0.6 is 0 Å². The van der Waals surface area contributed by atoms with Crippen LogP contribution in [-0.4, -0.2) is 53.7 Å². The lowest BCUT2D eigenvalue weighted by molar-refractivity contribution is -0.151. The average Bonchev–Trinajstić information content (AvgIpc) is 3.23. The number of hydrogen-bond donors (Lipinski definition) is 0. The van der Waals surface area contributed by atoms with E-state index >= 15 is 0 Å². The molecular formula is C18H16N2O6. The minimum atomic E-state index is -0.834. The number of imide groups is 1. The number of likely N-dealkylation sites (N-methyl/N-ethyl adjacent to an activating group) is 1. The van der Waals surface area contributed by atoms with Crippen LogP contribution in [0.4, 0.5) is 0 Å². The molecule has 134 valence electrons. The Balaban J connectivity index is 1.51. The van der Waals surface area contributed by atoms with Gasteiger partial charge in [-0.2, -0.15) is 0 Å². The van der Waals surface area contributed by atoms with Crippen LogP contribution < -0.4 is 0 Å². The third kappa shape index (κ3) is 3.49. The van der Waals surface area contributed by atoms with Gasteiger partial charge in [-0.15, -0.1) is 0 Å². The fraction of sp³-hybridized carbons (Fsp3) is 0.222. The normalized spacial score (nSPS) is 12.9. The maximum Gasteiger partial charge on any atom is 0.326 e. The molecule has 0 atom stereocenters. The zero-order valence-electron chi connectivity index (χ0n) is 14.0. The van der Waals surface area contributed by atoms with Gasteiger partial charge in [0.2, 0.25) is 0 Å². The molecule has 2 aromatic rings. The molecule has 8 nitrogen and oxygen atoms in total. The molecular weight excluding hydrogens is 340 g/mol. The number of esters is 1. The lowest BCUT2D eigenvalue weighted by Crippen LogP contribution is -2.37. The molecule has 0 saturated carbocycles. The molecule has 0 N–H and O–H groups in total. The van der Waals surface area contributed by atoms with Crippen LogP contribution in [-0.2, 0) is 20.9 Å². The lowest BCUT2D eigenvalue weighted by Gasteiger charge is -2.17. The van der Waals surface area contributed by atoms with E-state index in [1.165, 1.54) is 23.3 Å². The fourth-order valence-electron chi connectivity index (χ4n) is 2.53. The van der Waals surface area contributed by atoms with Crippen molar-refractivity contribution in [2.45, 2.75) is 6.54 Å². The van der Waals surface area contributed by atoms with Crippen molar-refractivity contribution in [3.05, 3.63) is 59.5 Å². The molecule has 0 fully saturated rings. The summed E-state index contributed by atoms with van der Waals surface area (Å²) >= 11 is 0. The molecule has 0 bridgehead atoms. The summed E-state index contributed by atoms with van der Waals surface area (Å²) in [5.74, 6) is -1.78. The highest BCUT2D eigenvalue weighted by Crippen LogP contribution is 2.22. The second kappa shape index (κ2) is 7.22. The summed E-state index contributed by atoms with van der Waals surface area (Å²) in [6.45, 7) is -0.789. The summed E-state index contributed by atoms with van der Waals surface area (Å²) in [5, 5.41) is 0. The van der Waals surface area contributed by atoms with Crippen molar-refractivity contribution in [1.82, 2.24) is 9.80 Å². The average molecular weight is 356 g/mol. The molecule has 0 unspecified atom stereocenters. The molecule has 3 amide bonds. The minimum Gasteiger partial charge on any atom is -0.467 e. The number of carbonyl (C=O) groups is 4. The first-order valence-corrected chi connectivity index (χ1v) is 7.84. The van der Waals surface area contributed by atoms with Crippen molar-refractivity contribution in [3.8, 4) is 0 Å². The van der Waals surface area contributed by atoms with Gasteiger partial charge in [0.1, 0.15) is 12.3 Å². The Morgan fingerprint density at radius 1 is 1.08 bits per heavy atom. The Morgan fingerprint density at radius 2 is 1.73 bits per heavy atom. The minimum absolute atomic E-state index is 0.238. The summed E-state index contributed by atoms with van der Waals surface area (Å²) < 4.78 is 10.0.